The van der Waals surface area contributed by atoms with Crippen molar-refractivity contribution in [2.24, 2.45) is 0 Å². The van der Waals surface area contributed by atoms with Crippen molar-refractivity contribution in [3.63, 3.8) is 0 Å². The van der Waals surface area contributed by atoms with Crippen LogP contribution in [-0.2, 0) is 12.3 Å². The molecular formula is C15H17N3O2S2. The Balaban J connectivity index is 2.03. The molecule has 0 aromatic carbocycles. The minimum atomic E-state index is 0.0492. The number of thioether (sulfide) groups is 1. The zero-order valence-electron chi connectivity index (χ0n) is 13.0. The SMILES string of the molecule is CCn1c(SCc2cc(C)on2)nc2sc(C)c(C)c2c1=O. The molecule has 3 aromatic rings. The number of fused-ring (bicyclic) bond motifs is 1. The van der Waals surface area contributed by atoms with Crippen LogP contribution >= 0.6 is 23.1 Å². The van der Waals surface area contributed by atoms with Gasteiger partial charge in [0.25, 0.3) is 5.56 Å². The summed E-state index contributed by atoms with van der Waals surface area (Å²) in [6.45, 7) is 8.46. The van der Waals surface area contributed by atoms with Gasteiger partial charge in [-0.3, -0.25) is 9.36 Å². The van der Waals surface area contributed by atoms with Crippen molar-refractivity contribution >= 4 is 33.3 Å². The molecule has 0 amide bonds. The van der Waals surface area contributed by atoms with E-state index in [1.807, 2.05) is 33.8 Å². The van der Waals surface area contributed by atoms with Crippen LogP contribution in [0.3, 0.4) is 0 Å². The van der Waals surface area contributed by atoms with Crippen molar-refractivity contribution in [2.75, 3.05) is 0 Å². The summed E-state index contributed by atoms with van der Waals surface area (Å²) in [7, 11) is 0. The zero-order chi connectivity index (χ0) is 15.9. The van der Waals surface area contributed by atoms with Crippen molar-refractivity contribution in [2.45, 2.75) is 45.1 Å². The fourth-order valence-electron chi connectivity index (χ4n) is 2.32. The summed E-state index contributed by atoms with van der Waals surface area (Å²) >= 11 is 3.10. The first-order valence-corrected chi connectivity index (χ1v) is 8.87. The van der Waals surface area contributed by atoms with Crippen LogP contribution in [0, 0.1) is 20.8 Å². The number of hydrogen-bond acceptors (Lipinski definition) is 6. The smallest absolute Gasteiger partial charge is 0.263 e. The first-order valence-electron chi connectivity index (χ1n) is 7.06. The summed E-state index contributed by atoms with van der Waals surface area (Å²) in [5, 5.41) is 5.47. The van der Waals surface area contributed by atoms with Gasteiger partial charge in [0, 0.05) is 23.2 Å². The van der Waals surface area contributed by atoms with Crippen LogP contribution in [0.1, 0.15) is 28.8 Å². The molecule has 3 heterocycles. The van der Waals surface area contributed by atoms with E-state index < -0.39 is 0 Å². The highest BCUT2D eigenvalue weighted by molar-refractivity contribution is 7.98. The van der Waals surface area contributed by atoms with E-state index in [-0.39, 0.29) is 5.56 Å². The average Bonchev–Trinajstić information content (AvgIpc) is 3.01. The maximum atomic E-state index is 12.7. The highest BCUT2D eigenvalue weighted by Gasteiger charge is 2.16. The lowest BCUT2D eigenvalue weighted by molar-refractivity contribution is 0.393. The van der Waals surface area contributed by atoms with E-state index in [0.717, 1.165) is 37.3 Å². The summed E-state index contributed by atoms with van der Waals surface area (Å²) in [5.74, 6) is 1.43. The molecule has 0 fully saturated rings. The third kappa shape index (κ3) is 2.59. The first kappa shape index (κ1) is 15.3. The number of thiophene rings is 1. The topological polar surface area (TPSA) is 60.9 Å². The summed E-state index contributed by atoms with van der Waals surface area (Å²) in [6.07, 6.45) is 0. The van der Waals surface area contributed by atoms with Crippen LogP contribution in [0.5, 0.6) is 0 Å². The molecule has 5 nitrogen and oxygen atoms in total. The van der Waals surface area contributed by atoms with E-state index in [9.17, 15) is 4.79 Å². The number of aromatic nitrogens is 3. The molecule has 3 aromatic heterocycles. The molecule has 0 N–H and O–H groups in total. The van der Waals surface area contributed by atoms with Gasteiger partial charge in [-0.05, 0) is 33.3 Å². The average molecular weight is 335 g/mol. The third-order valence-electron chi connectivity index (χ3n) is 3.60. The minimum Gasteiger partial charge on any atom is -0.361 e. The normalized spacial score (nSPS) is 11.5. The number of aryl methyl sites for hydroxylation is 3. The van der Waals surface area contributed by atoms with Gasteiger partial charge in [0.15, 0.2) is 5.16 Å². The van der Waals surface area contributed by atoms with Crippen molar-refractivity contribution in [3.05, 3.63) is 38.3 Å². The quantitative estimate of drug-likeness (QED) is 0.537. The Hall–Kier alpha value is -1.60. The van der Waals surface area contributed by atoms with Crippen molar-refractivity contribution < 1.29 is 4.52 Å². The molecular weight excluding hydrogens is 318 g/mol. The highest BCUT2D eigenvalue weighted by atomic mass is 32.2. The summed E-state index contributed by atoms with van der Waals surface area (Å²) in [4.78, 5) is 19.4. The summed E-state index contributed by atoms with van der Waals surface area (Å²) in [6, 6.07) is 1.90. The van der Waals surface area contributed by atoms with Gasteiger partial charge >= 0.3 is 0 Å². The molecule has 0 saturated carbocycles. The van der Waals surface area contributed by atoms with Gasteiger partial charge in [0.05, 0.1) is 11.1 Å². The van der Waals surface area contributed by atoms with Crippen LogP contribution in [0.15, 0.2) is 20.5 Å². The van der Waals surface area contributed by atoms with Crippen LogP contribution in [0.2, 0.25) is 0 Å². The lowest BCUT2D eigenvalue weighted by atomic mass is 10.2. The first-order chi connectivity index (χ1) is 10.5. The number of nitrogens with zero attached hydrogens (tertiary/aromatic N) is 3. The fourth-order valence-corrected chi connectivity index (χ4v) is 4.34. The lowest BCUT2D eigenvalue weighted by Crippen LogP contribution is -2.22. The second-order valence-electron chi connectivity index (χ2n) is 5.12. The molecule has 0 saturated heterocycles. The Morgan fingerprint density at radius 2 is 2.14 bits per heavy atom. The number of rotatable bonds is 4. The summed E-state index contributed by atoms with van der Waals surface area (Å²) < 4.78 is 6.81. The third-order valence-corrected chi connectivity index (χ3v) is 5.71. The van der Waals surface area contributed by atoms with E-state index >= 15 is 0 Å². The zero-order valence-corrected chi connectivity index (χ0v) is 14.6. The molecule has 116 valence electrons. The predicted molar refractivity (Wildman–Crippen MR) is 89.8 cm³/mol. The van der Waals surface area contributed by atoms with Crippen LogP contribution < -0.4 is 5.56 Å². The van der Waals surface area contributed by atoms with E-state index in [0.29, 0.717) is 12.3 Å². The Morgan fingerprint density at radius 3 is 2.77 bits per heavy atom. The van der Waals surface area contributed by atoms with E-state index in [1.54, 1.807) is 15.9 Å². The van der Waals surface area contributed by atoms with Gasteiger partial charge in [0.2, 0.25) is 0 Å². The highest BCUT2D eigenvalue weighted by Crippen LogP contribution is 2.29. The fraction of sp³-hybridized carbons (Fsp3) is 0.400. The van der Waals surface area contributed by atoms with Gasteiger partial charge in [-0.25, -0.2) is 4.98 Å². The molecule has 3 rings (SSSR count). The van der Waals surface area contributed by atoms with Gasteiger partial charge in [-0.15, -0.1) is 11.3 Å². The predicted octanol–water partition coefficient (Wildman–Crippen LogP) is 3.68. The van der Waals surface area contributed by atoms with Gasteiger partial charge in [0.1, 0.15) is 10.6 Å². The lowest BCUT2D eigenvalue weighted by Gasteiger charge is -2.09. The van der Waals surface area contributed by atoms with Crippen molar-refractivity contribution in [1.29, 1.82) is 0 Å². The molecule has 0 unspecified atom stereocenters. The van der Waals surface area contributed by atoms with Crippen LogP contribution in [-0.4, -0.2) is 14.7 Å². The minimum absolute atomic E-state index is 0.0492. The van der Waals surface area contributed by atoms with Gasteiger partial charge in [-0.1, -0.05) is 16.9 Å². The molecule has 0 aliphatic rings. The Kier molecular flexibility index (Phi) is 4.10. The molecule has 0 spiro atoms. The van der Waals surface area contributed by atoms with Crippen LogP contribution in [0.25, 0.3) is 10.2 Å². The second kappa shape index (κ2) is 5.89. The molecule has 0 radical (unpaired) electrons. The van der Waals surface area contributed by atoms with E-state index in [2.05, 4.69) is 5.16 Å². The van der Waals surface area contributed by atoms with Gasteiger partial charge in [-0.2, -0.15) is 0 Å². The Bertz CT molecular complexity index is 892. The molecule has 0 bridgehead atoms. The second-order valence-corrected chi connectivity index (χ2v) is 7.27. The van der Waals surface area contributed by atoms with Crippen molar-refractivity contribution in [3.8, 4) is 0 Å². The Morgan fingerprint density at radius 1 is 1.36 bits per heavy atom. The molecule has 7 heteroatoms. The van der Waals surface area contributed by atoms with E-state index in [4.69, 9.17) is 9.51 Å². The van der Waals surface area contributed by atoms with E-state index in [1.165, 1.54) is 11.8 Å². The molecule has 0 atom stereocenters. The van der Waals surface area contributed by atoms with Crippen LogP contribution in [0.4, 0.5) is 0 Å². The number of hydrogen-bond donors (Lipinski definition) is 0. The Labute approximate surface area is 136 Å². The van der Waals surface area contributed by atoms with Gasteiger partial charge < -0.3 is 4.52 Å². The monoisotopic (exact) mass is 335 g/mol. The standard InChI is InChI=1S/C15H17N3O2S2/c1-5-18-14(19)12-9(3)10(4)22-13(12)16-15(18)21-7-11-6-8(2)20-17-11/h6H,5,7H2,1-4H3. The maximum Gasteiger partial charge on any atom is 0.263 e. The largest absolute Gasteiger partial charge is 0.361 e. The molecule has 22 heavy (non-hydrogen) atoms. The molecule has 0 aliphatic carbocycles. The van der Waals surface area contributed by atoms with Crippen molar-refractivity contribution in [1.82, 2.24) is 14.7 Å². The molecule has 0 aliphatic heterocycles. The maximum absolute atomic E-state index is 12.7. The summed E-state index contributed by atoms with van der Waals surface area (Å²) in [5.41, 5.74) is 1.95.